The Morgan fingerprint density at radius 1 is 1.30 bits per heavy atom. The maximum atomic E-state index is 12.6. The minimum Gasteiger partial charge on any atom is -0.357 e. The van der Waals surface area contributed by atoms with Gasteiger partial charge >= 0.3 is 6.18 Å². The first-order valence-corrected chi connectivity index (χ1v) is 11.3. The van der Waals surface area contributed by atoms with Crippen LogP contribution in [0, 0.1) is 5.92 Å². The van der Waals surface area contributed by atoms with Crippen LogP contribution in [-0.2, 0) is 0 Å². The Morgan fingerprint density at radius 2 is 2.10 bits per heavy atom. The van der Waals surface area contributed by atoms with Crippen LogP contribution in [-0.4, -0.2) is 74.3 Å². The minimum absolute atomic E-state index is 0. The van der Waals surface area contributed by atoms with Crippen LogP contribution in [0.25, 0.3) is 0 Å². The van der Waals surface area contributed by atoms with Crippen LogP contribution in [0.15, 0.2) is 22.5 Å². The summed E-state index contributed by atoms with van der Waals surface area (Å²) in [5.41, 5.74) is 0. The van der Waals surface area contributed by atoms with Crippen molar-refractivity contribution < 1.29 is 13.2 Å². The first-order chi connectivity index (χ1) is 13.9. The van der Waals surface area contributed by atoms with Crippen molar-refractivity contribution in [2.24, 2.45) is 10.9 Å². The van der Waals surface area contributed by atoms with Crippen molar-refractivity contribution >= 4 is 41.3 Å². The summed E-state index contributed by atoms with van der Waals surface area (Å²) >= 11 is 1.79. The number of thiophene rings is 1. The molecule has 2 fully saturated rings. The summed E-state index contributed by atoms with van der Waals surface area (Å²) in [6, 6.07) is 4.67. The molecule has 0 aliphatic carbocycles. The molecule has 5 nitrogen and oxygen atoms in total. The number of guanidine groups is 1. The molecule has 3 rings (SSSR count). The Morgan fingerprint density at radius 3 is 2.77 bits per heavy atom. The second kappa shape index (κ2) is 11.9. The second-order valence-electron chi connectivity index (χ2n) is 8.04. The van der Waals surface area contributed by atoms with Crippen molar-refractivity contribution in [3.8, 4) is 0 Å². The molecule has 10 heteroatoms. The van der Waals surface area contributed by atoms with E-state index in [1.807, 2.05) is 6.92 Å². The van der Waals surface area contributed by atoms with Crippen LogP contribution in [0.2, 0.25) is 0 Å². The molecule has 2 saturated heterocycles. The van der Waals surface area contributed by atoms with Crippen molar-refractivity contribution in [3.05, 3.63) is 22.4 Å². The molecule has 3 heterocycles. The molecule has 3 atom stereocenters. The number of alkyl halides is 3. The fourth-order valence-corrected chi connectivity index (χ4v) is 5.41. The molecule has 0 spiro atoms. The van der Waals surface area contributed by atoms with E-state index in [-0.39, 0.29) is 30.0 Å². The highest BCUT2D eigenvalue weighted by molar-refractivity contribution is 14.0. The number of rotatable bonds is 6. The molecule has 0 saturated carbocycles. The van der Waals surface area contributed by atoms with E-state index < -0.39 is 12.7 Å². The average Bonchev–Trinajstić information content (AvgIpc) is 3.31. The Bertz CT molecular complexity index is 655. The van der Waals surface area contributed by atoms with Crippen molar-refractivity contribution in [1.82, 2.24) is 20.4 Å². The largest absolute Gasteiger partial charge is 0.401 e. The maximum absolute atomic E-state index is 12.6. The SMILES string of the molecule is CCNC(=NCC1CCCN(C)C1c1cccs1)NC1CCN(CC(F)(F)F)C1.I. The number of piperidine rings is 1. The van der Waals surface area contributed by atoms with Gasteiger partial charge in [-0.05, 0) is 57.1 Å². The molecule has 0 radical (unpaired) electrons. The van der Waals surface area contributed by atoms with E-state index in [1.165, 1.54) is 9.78 Å². The molecule has 3 unspecified atom stereocenters. The zero-order chi connectivity index (χ0) is 20.9. The summed E-state index contributed by atoms with van der Waals surface area (Å²) in [4.78, 5) is 10.1. The van der Waals surface area contributed by atoms with Crippen LogP contribution in [0.4, 0.5) is 13.2 Å². The summed E-state index contributed by atoms with van der Waals surface area (Å²) < 4.78 is 37.9. The summed E-state index contributed by atoms with van der Waals surface area (Å²) in [6.45, 7) is 4.56. The van der Waals surface area contributed by atoms with Gasteiger partial charge in [-0.3, -0.25) is 14.8 Å². The van der Waals surface area contributed by atoms with Crippen molar-refractivity contribution in [2.75, 3.05) is 46.3 Å². The molecule has 2 aliphatic heterocycles. The van der Waals surface area contributed by atoms with E-state index in [2.05, 4.69) is 40.1 Å². The number of nitrogens with one attached hydrogen (secondary N) is 2. The third kappa shape index (κ3) is 7.52. The monoisotopic (exact) mass is 559 g/mol. The molecule has 2 aliphatic rings. The quantitative estimate of drug-likeness (QED) is 0.315. The van der Waals surface area contributed by atoms with Gasteiger partial charge in [-0.2, -0.15) is 13.2 Å². The Labute approximate surface area is 198 Å². The first-order valence-electron chi connectivity index (χ1n) is 10.4. The molecule has 1 aromatic rings. The van der Waals surface area contributed by atoms with Gasteiger partial charge in [-0.25, -0.2) is 0 Å². The van der Waals surface area contributed by atoms with E-state index in [0.29, 0.717) is 44.0 Å². The Hall–Kier alpha value is -0.590. The Balaban J connectivity index is 0.00000320. The van der Waals surface area contributed by atoms with E-state index in [0.717, 1.165) is 25.9 Å². The van der Waals surface area contributed by atoms with Crippen LogP contribution < -0.4 is 10.6 Å². The zero-order valence-corrected chi connectivity index (χ0v) is 20.8. The van der Waals surface area contributed by atoms with Gasteiger partial charge in [0.2, 0.25) is 0 Å². The predicted octanol–water partition coefficient (Wildman–Crippen LogP) is 3.94. The molecule has 0 aromatic carbocycles. The number of halogens is 4. The lowest BCUT2D eigenvalue weighted by Gasteiger charge is -2.38. The van der Waals surface area contributed by atoms with Gasteiger partial charge in [0.05, 0.1) is 6.54 Å². The number of nitrogens with zero attached hydrogens (tertiary/aromatic N) is 3. The number of hydrogen-bond donors (Lipinski definition) is 2. The van der Waals surface area contributed by atoms with Gasteiger partial charge in [0.25, 0.3) is 0 Å². The summed E-state index contributed by atoms with van der Waals surface area (Å²) in [7, 11) is 2.18. The number of aliphatic imine (C=N–C) groups is 1. The predicted molar refractivity (Wildman–Crippen MR) is 128 cm³/mol. The lowest BCUT2D eigenvalue weighted by molar-refractivity contribution is -0.143. The highest BCUT2D eigenvalue weighted by atomic mass is 127. The molecule has 172 valence electrons. The van der Waals surface area contributed by atoms with E-state index >= 15 is 0 Å². The van der Waals surface area contributed by atoms with E-state index in [1.54, 1.807) is 11.3 Å². The van der Waals surface area contributed by atoms with Gasteiger partial charge < -0.3 is 10.6 Å². The summed E-state index contributed by atoms with van der Waals surface area (Å²) in [5.74, 6) is 1.15. The molecule has 30 heavy (non-hydrogen) atoms. The average molecular weight is 559 g/mol. The normalized spacial score (nSPS) is 26.4. The minimum atomic E-state index is -4.14. The fraction of sp³-hybridized carbons (Fsp3) is 0.750. The van der Waals surface area contributed by atoms with Crippen LogP contribution >= 0.6 is 35.3 Å². The maximum Gasteiger partial charge on any atom is 0.401 e. The third-order valence-corrected chi connectivity index (χ3v) is 6.63. The summed E-state index contributed by atoms with van der Waals surface area (Å²) in [6.07, 6.45) is -1.14. The van der Waals surface area contributed by atoms with Crippen LogP contribution in [0.5, 0.6) is 0 Å². The third-order valence-electron chi connectivity index (χ3n) is 5.69. The molecule has 0 bridgehead atoms. The molecule has 0 amide bonds. The molecule has 1 aromatic heterocycles. The Kier molecular flexibility index (Phi) is 10.2. The van der Waals surface area contributed by atoms with Gasteiger partial charge in [-0.15, -0.1) is 35.3 Å². The van der Waals surface area contributed by atoms with Crippen molar-refractivity contribution in [1.29, 1.82) is 0 Å². The van der Waals surface area contributed by atoms with Crippen LogP contribution in [0.3, 0.4) is 0 Å². The smallest absolute Gasteiger partial charge is 0.357 e. The van der Waals surface area contributed by atoms with Gasteiger partial charge in [-0.1, -0.05) is 6.07 Å². The van der Waals surface area contributed by atoms with E-state index in [4.69, 9.17) is 4.99 Å². The lowest BCUT2D eigenvalue weighted by atomic mass is 9.88. The van der Waals surface area contributed by atoms with Gasteiger partial charge in [0.15, 0.2) is 5.96 Å². The number of likely N-dealkylation sites (tertiary alicyclic amines) is 2. The molecular weight excluding hydrogens is 526 g/mol. The standard InChI is InChI=1S/C20H32F3N5S.HI/c1-3-24-19(26-16-8-10-28(13-16)14-20(21,22)23)25-12-15-6-4-9-27(2)18(15)17-7-5-11-29-17;/h5,7,11,15-16,18H,3-4,6,8-10,12-14H2,1-2H3,(H2,24,25,26);1H. The highest BCUT2D eigenvalue weighted by Gasteiger charge is 2.35. The molecular formula is C20H33F3IN5S. The first kappa shape index (κ1) is 25.7. The van der Waals surface area contributed by atoms with Gasteiger partial charge in [0, 0.05) is 43.1 Å². The fourth-order valence-electron chi connectivity index (χ4n) is 4.43. The van der Waals surface area contributed by atoms with E-state index in [9.17, 15) is 13.2 Å². The highest BCUT2D eigenvalue weighted by Crippen LogP contribution is 2.37. The molecule has 2 N–H and O–H groups in total. The summed E-state index contributed by atoms with van der Waals surface area (Å²) in [5, 5.41) is 8.73. The van der Waals surface area contributed by atoms with Crippen LogP contribution in [0.1, 0.15) is 37.1 Å². The zero-order valence-electron chi connectivity index (χ0n) is 17.6. The van der Waals surface area contributed by atoms with Crippen molar-refractivity contribution in [2.45, 2.75) is 44.4 Å². The lowest BCUT2D eigenvalue weighted by Crippen LogP contribution is -2.45. The van der Waals surface area contributed by atoms with Gasteiger partial charge in [0.1, 0.15) is 0 Å². The number of hydrogen-bond acceptors (Lipinski definition) is 4. The van der Waals surface area contributed by atoms with Crippen molar-refractivity contribution in [3.63, 3.8) is 0 Å². The topological polar surface area (TPSA) is 42.9 Å². The second-order valence-corrected chi connectivity index (χ2v) is 9.02.